The third-order valence-corrected chi connectivity index (χ3v) is 3.94. The third kappa shape index (κ3) is 3.30. The van der Waals surface area contributed by atoms with Gasteiger partial charge in [0.1, 0.15) is 5.82 Å². The molecule has 1 aromatic heterocycles. The number of carbonyl (C=O) groups excluding carboxylic acids is 1. The van der Waals surface area contributed by atoms with Gasteiger partial charge in [0, 0.05) is 18.4 Å². The molecule has 7 heteroatoms. The van der Waals surface area contributed by atoms with Crippen molar-refractivity contribution in [2.45, 2.75) is 19.0 Å². The number of aromatic nitrogens is 3. The average molecular weight is 291 g/mol. The van der Waals surface area contributed by atoms with E-state index in [-0.39, 0.29) is 11.7 Å². The van der Waals surface area contributed by atoms with Crippen molar-refractivity contribution in [3.05, 3.63) is 29.6 Å². The number of anilines is 2. The van der Waals surface area contributed by atoms with Crippen LogP contribution in [0.4, 0.5) is 11.4 Å². The fraction of sp³-hybridized carbons (Fsp3) is 0.308. The van der Waals surface area contributed by atoms with E-state index in [9.17, 15) is 4.79 Å². The number of hydrogen-bond donors (Lipinski definition) is 2. The molecule has 1 amide bonds. The monoisotopic (exact) mass is 291 g/mol. The molecule has 2 aromatic rings. The zero-order valence-corrected chi connectivity index (χ0v) is 12.5. The number of thioether (sulfide) groups is 1. The van der Waals surface area contributed by atoms with Crippen molar-refractivity contribution in [2.75, 3.05) is 16.8 Å². The number of aryl methyl sites for hydroxylation is 2. The highest BCUT2D eigenvalue weighted by Crippen LogP contribution is 2.20. The van der Waals surface area contributed by atoms with Crippen LogP contribution in [0, 0.1) is 13.8 Å². The molecule has 1 aromatic carbocycles. The van der Waals surface area contributed by atoms with Crippen LogP contribution >= 0.6 is 11.8 Å². The summed E-state index contributed by atoms with van der Waals surface area (Å²) in [7, 11) is 1.87. The molecule has 0 aliphatic heterocycles. The molecule has 0 fully saturated rings. The van der Waals surface area contributed by atoms with Crippen molar-refractivity contribution in [3.63, 3.8) is 0 Å². The molecule has 0 aliphatic rings. The second-order valence-corrected chi connectivity index (χ2v) is 5.44. The molecule has 106 valence electrons. The summed E-state index contributed by atoms with van der Waals surface area (Å²) in [6.07, 6.45) is 0. The highest BCUT2D eigenvalue weighted by Gasteiger charge is 2.10. The molecule has 1 heterocycles. The summed E-state index contributed by atoms with van der Waals surface area (Å²) in [6, 6.07) is 5.44. The van der Waals surface area contributed by atoms with Crippen molar-refractivity contribution < 1.29 is 4.79 Å². The van der Waals surface area contributed by atoms with Crippen molar-refractivity contribution in [3.8, 4) is 0 Å². The Morgan fingerprint density at radius 3 is 2.80 bits per heavy atom. The van der Waals surface area contributed by atoms with Crippen LogP contribution in [0.25, 0.3) is 0 Å². The Hall–Kier alpha value is -2.02. The lowest BCUT2D eigenvalue weighted by molar-refractivity contribution is -0.113. The minimum Gasteiger partial charge on any atom is -0.399 e. The van der Waals surface area contributed by atoms with E-state index in [1.54, 1.807) is 6.07 Å². The predicted molar refractivity (Wildman–Crippen MR) is 80.7 cm³/mol. The van der Waals surface area contributed by atoms with Gasteiger partial charge in [-0.15, -0.1) is 10.2 Å². The molecule has 0 atom stereocenters. The molecule has 6 nitrogen and oxygen atoms in total. The summed E-state index contributed by atoms with van der Waals surface area (Å²) in [5.74, 6) is 1.00. The minimum absolute atomic E-state index is 0.0932. The molecule has 20 heavy (non-hydrogen) atoms. The fourth-order valence-electron chi connectivity index (χ4n) is 1.60. The number of carbonyl (C=O) groups is 1. The molecule has 0 saturated heterocycles. The molecule has 0 radical (unpaired) electrons. The predicted octanol–water partition coefficient (Wildman–Crippen LogP) is 1.74. The van der Waals surface area contributed by atoms with E-state index in [1.165, 1.54) is 11.8 Å². The van der Waals surface area contributed by atoms with Gasteiger partial charge >= 0.3 is 0 Å². The van der Waals surface area contributed by atoms with Crippen molar-refractivity contribution in [2.24, 2.45) is 7.05 Å². The van der Waals surface area contributed by atoms with Gasteiger partial charge in [-0.25, -0.2) is 0 Å². The average Bonchev–Trinajstić information content (AvgIpc) is 2.72. The molecule has 0 spiro atoms. The third-order valence-electron chi connectivity index (χ3n) is 2.92. The number of nitrogens with one attached hydrogen (secondary N) is 1. The second kappa shape index (κ2) is 5.96. The Bertz CT molecular complexity index is 638. The zero-order valence-electron chi connectivity index (χ0n) is 11.7. The van der Waals surface area contributed by atoms with Crippen molar-refractivity contribution in [1.82, 2.24) is 14.8 Å². The quantitative estimate of drug-likeness (QED) is 0.662. The molecule has 0 aliphatic carbocycles. The Kier molecular flexibility index (Phi) is 4.29. The topological polar surface area (TPSA) is 85.8 Å². The number of nitrogens with two attached hydrogens (primary N) is 1. The highest BCUT2D eigenvalue weighted by molar-refractivity contribution is 7.99. The largest absolute Gasteiger partial charge is 0.399 e. The number of nitrogens with zero attached hydrogens (tertiary/aromatic N) is 3. The lowest BCUT2D eigenvalue weighted by Crippen LogP contribution is -2.15. The Morgan fingerprint density at radius 1 is 1.40 bits per heavy atom. The van der Waals surface area contributed by atoms with Crippen LogP contribution in [-0.2, 0) is 11.8 Å². The van der Waals surface area contributed by atoms with Crippen LogP contribution in [0.2, 0.25) is 0 Å². The maximum absolute atomic E-state index is 11.9. The van der Waals surface area contributed by atoms with E-state index in [4.69, 9.17) is 5.73 Å². The first-order chi connectivity index (χ1) is 9.47. The van der Waals surface area contributed by atoms with Crippen LogP contribution in [0.1, 0.15) is 11.4 Å². The van der Waals surface area contributed by atoms with Crippen LogP contribution in [-0.4, -0.2) is 26.4 Å². The molecular formula is C13H17N5OS. The first-order valence-electron chi connectivity index (χ1n) is 6.12. The smallest absolute Gasteiger partial charge is 0.234 e. The molecule has 3 N–H and O–H groups in total. The molecule has 0 unspecified atom stereocenters. The first-order valence-corrected chi connectivity index (χ1v) is 7.10. The van der Waals surface area contributed by atoms with Gasteiger partial charge in [0.15, 0.2) is 5.16 Å². The fourth-order valence-corrected chi connectivity index (χ4v) is 2.36. The normalized spacial score (nSPS) is 10.6. The summed E-state index contributed by atoms with van der Waals surface area (Å²) < 4.78 is 1.85. The lowest BCUT2D eigenvalue weighted by atomic mass is 10.2. The maximum atomic E-state index is 11.9. The summed E-state index contributed by atoms with van der Waals surface area (Å²) in [4.78, 5) is 11.9. The number of nitrogen functional groups attached to an aromatic ring is 1. The molecule has 0 saturated carbocycles. The maximum Gasteiger partial charge on any atom is 0.234 e. The summed E-state index contributed by atoms with van der Waals surface area (Å²) in [5.41, 5.74) is 8.06. The van der Waals surface area contributed by atoms with E-state index >= 15 is 0 Å². The molecule has 2 rings (SSSR count). The van der Waals surface area contributed by atoms with Gasteiger partial charge < -0.3 is 15.6 Å². The van der Waals surface area contributed by atoms with E-state index < -0.39 is 0 Å². The van der Waals surface area contributed by atoms with Gasteiger partial charge in [-0.3, -0.25) is 4.79 Å². The number of rotatable bonds is 4. The number of benzene rings is 1. The first kappa shape index (κ1) is 14.4. The van der Waals surface area contributed by atoms with Crippen LogP contribution in [0.15, 0.2) is 23.4 Å². The van der Waals surface area contributed by atoms with Crippen molar-refractivity contribution >= 4 is 29.0 Å². The molecule has 0 bridgehead atoms. The Labute approximate surface area is 121 Å². The van der Waals surface area contributed by atoms with Gasteiger partial charge in [-0.1, -0.05) is 17.8 Å². The summed E-state index contributed by atoms with van der Waals surface area (Å²) >= 11 is 1.35. The van der Waals surface area contributed by atoms with Crippen LogP contribution in [0.5, 0.6) is 0 Å². The van der Waals surface area contributed by atoms with Crippen LogP contribution < -0.4 is 11.1 Å². The van der Waals surface area contributed by atoms with Gasteiger partial charge in [0.25, 0.3) is 0 Å². The van der Waals surface area contributed by atoms with E-state index in [1.807, 2.05) is 37.6 Å². The zero-order chi connectivity index (χ0) is 14.7. The number of amides is 1. The van der Waals surface area contributed by atoms with E-state index in [0.29, 0.717) is 5.69 Å². The molecular weight excluding hydrogens is 274 g/mol. The second-order valence-electron chi connectivity index (χ2n) is 4.50. The van der Waals surface area contributed by atoms with Gasteiger partial charge in [0.05, 0.1) is 5.75 Å². The van der Waals surface area contributed by atoms with E-state index in [0.717, 1.165) is 22.2 Å². The summed E-state index contributed by atoms with van der Waals surface area (Å²) in [5, 5.41) is 11.5. The minimum atomic E-state index is -0.0932. The summed E-state index contributed by atoms with van der Waals surface area (Å²) in [6.45, 7) is 3.79. The van der Waals surface area contributed by atoms with Crippen LogP contribution in [0.3, 0.4) is 0 Å². The van der Waals surface area contributed by atoms with Crippen molar-refractivity contribution in [1.29, 1.82) is 0 Å². The Morgan fingerprint density at radius 2 is 2.15 bits per heavy atom. The lowest BCUT2D eigenvalue weighted by Gasteiger charge is -2.09. The Balaban J connectivity index is 1.96. The van der Waals surface area contributed by atoms with Gasteiger partial charge in [0.2, 0.25) is 5.91 Å². The number of hydrogen-bond acceptors (Lipinski definition) is 5. The standard InChI is InChI=1S/C13H17N5OS/c1-8-4-5-10(14)6-11(8)15-12(19)7-20-13-17-16-9(2)18(13)3/h4-6H,7,14H2,1-3H3,(H,15,19). The van der Waals surface area contributed by atoms with Gasteiger partial charge in [-0.2, -0.15) is 0 Å². The van der Waals surface area contributed by atoms with E-state index in [2.05, 4.69) is 15.5 Å². The SMILES string of the molecule is Cc1ccc(N)cc1NC(=O)CSc1nnc(C)n1C. The van der Waals surface area contributed by atoms with Gasteiger partial charge in [-0.05, 0) is 31.5 Å². The highest BCUT2D eigenvalue weighted by atomic mass is 32.2.